The Morgan fingerprint density at radius 3 is 2.81 bits per heavy atom. The molecule has 1 fully saturated rings. The molecule has 2 aromatic carbocycles. The number of hydrogen-bond donors (Lipinski definition) is 3. The molecule has 5 heteroatoms. The molecule has 1 heterocycles. The van der Waals surface area contributed by atoms with E-state index in [-0.39, 0.29) is 11.7 Å². The number of benzene rings is 2. The number of aryl methyl sites for hydroxylation is 1. The highest BCUT2D eigenvalue weighted by Gasteiger charge is 2.14. The number of phenolic OH excluding ortho intramolecular Hbond substituents is 1. The van der Waals surface area contributed by atoms with Gasteiger partial charge in [0.15, 0.2) is 0 Å². The van der Waals surface area contributed by atoms with Crippen LogP contribution in [0.15, 0.2) is 36.4 Å². The molecule has 3 N–H and O–H groups in total. The van der Waals surface area contributed by atoms with Crippen molar-refractivity contribution in [3.05, 3.63) is 52.5 Å². The van der Waals surface area contributed by atoms with Gasteiger partial charge in [-0.05, 0) is 73.2 Å². The fourth-order valence-corrected chi connectivity index (χ4v) is 3.71. The summed E-state index contributed by atoms with van der Waals surface area (Å²) in [5.74, 6) is 0.0196. The minimum Gasteiger partial charge on any atom is -0.508 e. The van der Waals surface area contributed by atoms with Crippen LogP contribution < -0.4 is 10.6 Å². The van der Waals surface area contributed by atoms with Gasteiger partial charge in [-0.25, -0.2) is 0 Å². The number of nitrogens with one attached hydrogen (secondary N) is 2. The van der Waals surface area contributed by atoms with E-state index >= 15 is 0 Å². The third-order valence-electron chi connectivity index (χ3n) is 4.94. The minimum atomic E-state index is -0.222. The minimum absolute atomic E-state index is 0.222. The van der Waals surface area contributed by atoms with Crippen molar-refractivity contribution in [2.24, 2.45) is 0 Å². The molecule has 1 atom stereocenters. The zero-order valence-electron chi connectivity index (χ0n) is 15.0. The number of hydrogen-bond acceptors (Lipinski definition) is 3. The maximum atomic E-state index is 12.0. The molecule has 0 radical (unpaired) electrons. The molecule has 1 unspecified atom stereocenters. The van der Waals surface area contributed by atoms with Crippen LogP contribution in [0.3, 0.4) is 0 Å². The first kappa shape index (κ1) is 18.7. The molecule has 3 rings (SSSR count). The Kier molecular flexibility index (Phi) is 6.17. The molecule has 26 heavy (non-hydrogen) atoms. The number of halogens is 1. The molecular formula is C21H25ClN2O2. The molecule has 0 bridgehead atoms. The summed E-state index contributed by atoms with van der Waals surface area (Å²) >= 11 is 6.14. The Morgan fingerprint density at radius 1 is 1.23 bits per heavy atom. The second kappa shape index (κ2) is 8.56. The molecule has 0 aliphatic carbocycles. The summed E-state index contributed by atoms with van der Waals surface area (Å²) in [7, 11) is 1.58. The Morgan fingerprint density at radius 2 is 2.08 bits per heavy atom. The summed E-state index contributed by atoms with van der Waals surface area (Å²) in [5.41, 5.74) is 3.28. The quantitative estimate of drug-likeness (QED) is 0.739. The van der Waals surface area contributed by atoms with E-state index in [1.165, 1.54) is 19.3 Å². The molecule has 4 nitrogen and oxygen atoms in total. The second-order valence-corrected chi connectivity index (χ2v) is 7.25. The van der Waals surface area contributed by atoms with Crippen LogP contribution in [0.1, 0.15) is 41.6 Å². The molecule has 0 saturated carbocycles. The van der Waals surface area contributed by atoms with Crippen molar-refractivity contribution < 1.29 is 9.90 Å². The monoisotopic (exact) mass is 372 g/mol. The Labute approximate surface area is 159 Å². The number of carbonyl (C=O) groups is 1. The van der Waals surface area contributed by atoms with Crippen LogP contribution in [0.25, 0.3) is 11.1 Å². The van der Waals surface area contributed by atoms with Crippen molar-refractivity contribution in [3.8, 4) is 16.9 Å². The van der Waals surface area contributed by atoms with Crippen LogP contribution in [-0.2, 0) is 6.42 Å². The molecule has 1 aliphatic rings. The number of piperidine rings is 1. The number of rotatable bonds is 5. The summed E-state index contributed by atoms with van der Waals surface area (Å²) in [4.78, 5) is 12.0. The lowest BCUT2D eigenvalue weighted by Crippen LogP contribution is -2.34. The van der Waals surface area contributed by atoms with Crippen LogP contribution in [-0.4, -0.2) is 30.6 Å². The molecule has 1 saturated heterocycles. The normalized spacial score (nSPS) is 17.1. The van der Waals surface area contributed by atoms with Gasteiger partial charge in [0.2, 0.25) is 0 Å². The van der Waals surface area contributed by atoms with Crippen LogP contribution in [0.4, 0.5) is 0 Å². The van der Waals surface area contributed by atoms with Crippen LogP contribution >= 0.6 is 11.6 Å². The zero-order chi connectivity index (χ0) is 18.5. The molecule has 2 aromatic rings. The van der Waals surface area contributed by atoms with Gasteiger partial charge in [-0.1, -0.05) is 30.2 Å². The summed E-state index contributed by atoms with van der Waals surface area (Å²) in [6.45, 7) is 1.10. The van der Waals surface area contributed by atoms with Crippen LogP contribution in [0.2, 0.25) is 5.02 Å². The van der Waals surface area contributed by atoms with Gasteiger partial charge in [0.25, 0.3) is 5.91 Å². The third-order valence-corrected chi connectivity index (χ3v) is 5.27. The van der Waals surface area contributed by atoms with Gasteiger partial charge in [-0.15, -0.1) is 0 Å². The second-order valence-electron chi connectivity index (χ2n) is 6.85. The van der Waals surface area contributed by atoms with Gasteiger partial charge in [-0.3, -0.25) is 4.79 Å². The summed E-state index contributed by atoms with van der Waals surface area (Å²) in [6.07, 6.45) is 5.74. The molecule has 1 aliphatic heterocycles. The average Bonchev–Trinajstić information content (AvgIpc) is 2.66. The number of phenols is 1. The number of amides is 1. The number of carbonyl (C=O) groups excluding carboxylic acids is 1. The van der Waals surface area contributed by atoms with Gasteiger partial charge in [0.1, 0.15) is 5.75 Å². The Bertz CT molecular complexity index is 786. The first-order valence-corrected chi connectivity index (χ1v) is 9.53. The van der Waals surface area contributed by atoms with Crippen LogP contribution in [0, 0.1) is 0 Å². The van der Waals surface area contributed by atoms with E-state index in [2.05, 4.69) is 16.7 Å². The topological polar surface area (TPSA) is 61.4 Å². The van der Waals surface area contributed by atoms with E-state index in [9.17, 15) is 9.90 Å². The van der Waals surface area contributed by atoms with Crippen molar-refractivity contribution >= 4 is 17.5 Å². The van der Waals surface area contributed by atoms with E-state index in [0.717, 1.165) is 36.1 Å². The van der Waals surface area contributed by atoms with E-state index < -0.39 is 0 Å². The lowest BCUT2D eigenvalue weighted by atomic mass is 9.95. The summed E-state index contributed by atoms with van der Waals surface area (Å²) in [6, 6.07) is 11.5. The largest absolute Gasteiger partial charge is 0.508 e. The van der Waals surface area contributed by atoms with Crippen molar-refractivity contribution in [2.45, 2.75) is 38.1 Å². The molecular weight excluding hydrogens is 348 g/mol. The molecule has 1 amide bonds. The summed E-state index contributed by atoms with van der Waals surface area (Å²) < 4.78 is 0. The van der Waals surface area contributed by atoms with Crippen molar-refractivity contribution in [1.29, 1.82) is 0 Å². The highest BCUT2D eigenvalue weighted by Crippen LogP contribution is 2.29. The average molecular weight is 373 g/mol. The van der Waals surface area contributed by atoms with E-state index in [1.807, 2.05) is 12.1 Å². The highest BCUT2D eigenvalue weighted by molar-refractivity contribution is 6.34. The summed E-state index contributed by atoms with van der Waals surface area (Å²) in [5, 5.41) is 16.7. The molecule has 138 valence electrons. The van der Waals surface area contributed by atoms with Gasteiger partial charge in [0, 0.05) is 13.1 Å². The Hall–Kier alpha value is -2.04. The zero-order valence-corrected chi connectivity index (χ0v) is 15.8. The first-order chi connectivity index (χ1) is 12.6. The van der Waals surface area contributed by atoms with Gasteiger partial charge < -0.3 is 15.7 Å². The third kappa shape index (κ3) is 4.57. The molecule has 0 spiro atoms. The fourth-order valence-electron chi connectivity index (χ4n) is 3.51. The van der Waals surface area contributed by atoms with Crippen molar-refractivity contribution in [1.82, 2.24) is 10.6 Å². The van der Waals surface area contributed by atoms with Gasteiger partial charge in [0.05, 0.1) is 10.6 Å². The standard InChI is InChI=1S/C21H25ClN2O2/c1-23-21(26)19-13-15(6-8-20(19)22)16-10-14(11-18(25)12-16)5-7-17-4-2-3-9-24-17/h6,8,10-13,17,24-25H,2-5,7,9H2,1H3,(H,23,26). The SMILES string of the molecule is CNC(=O)c1cc(-c2cc(O)cc(CCC3CCCCN3)c2)ccc1Cl. The van der Waals surface area contributed by atoms with E-state index in [0.29, 0.717) is 16.6 Å². The van der Waals surface area contributed by atoms with Crippen molar-refractivity contribution in [3.63, 3.8) is 0 Å². The maximum Gasteiger partial charge on any atom is 0.252 e. The lowest BCUT2D eigenvalue weighted by Gasteiger charge is -2.23. The molecule has 0 aromatic heterocycles. The van der Waals surface area contributed by atoms with Gasteiger partial charge in [-0.2, -0.15) is 0 Å². The predicted octanol–water partition coefficient (Wildman–Crippen LogP) is 4.15. The van der Waals surface area contributed by atoms with Gasteiger partial charge >= 0.3 is 0 Å². The van der Waals surface area contributed by atoms with E-state index in [4.69, 9.17) is 11.6 Å². The van der Waals surface area contributed by atoms with E-state index in [1.54, 1.807) is 25.2 Å². The first-order valence-electron chi connectivity index (χ1n) is 9.15. The van der Waals surface area contributed by atoms with Crippen LogP contribution in [0.5, 0.6) is 5.75 Å². The lowest BCUT2D eigenvalue weighted by molar-refractivity contribution is 0.0963. The number of aromatic hydroxyl groups is 1. The van der Waals surface area contributed by atoms with Crippen molar-refractivity contribution in [2.75, 3.05) is 13.6 Å². The maximum absolute atomic E-state index is 12.0. The smallest absolute Gasteiger partial charge is 0.252 e. The highest BCUT2D eigenvalue weighted by atomic mass is 35.5. The predicted molar refractivity (Wildman–Crippen MR) is 106 cm³/mol. The fraction of sp³-hybridized carbons (Fsp3) is 0.381. The Balaban J connectivity index is 1.82.